The highest BCUT2D eigenvalue weighted by molar-refractivity contribution is 6.05. The van der Waals surface area contributed by atoms with Gasteiger partial charge >= 0.3 is 0 Å². The van der Waals surface area contributed by atoms with Crippen molar-refractivity contribution < 1.29 is 10.2 Å². The number of phenolic OH excluding ortho intramolecular Hbond substituents is 2. The number of benzene rings is 4. The number of nitrogens with zero attached hydrogens (tertiary/aromatic N) is 2. The third kappa shape index (κ3) is 4.75. The van der Waals surface area contributed by atoms with Crippen molar-refractivity contribution in [1.82, 2.24) is 19.9 Å². The second-order valence-electron chi connectivity index (χ2n) is 12.0. The van der Waals surface area contributed by atoms with Gasteiger partial charge in [0.05, 0.1) is 22.8 Å². The van der Waals surface area contributed by atoms with E-state index >= 15 is 0 Å². The van der Waals surface area contributed by atoms with E-state index in [2.05, 4.69) is 58.5 Å². The van der Waals surface area contributed by atoms with Gasteiger partial charge in [-0.2, -0.15) is 0 Å². The monoisotopic (exact) mass is 620 g/mol. The highest BCUT2D eigenvalue weighted by atomic mass is 16.3. The van der Waals surface area contributed by atoms with Gasteiger partial charge in [-0.05, 0) is 106 Å². The molecule has 4 aromatic carbocycles. The van der Waals surface area contributed by atoms with E-state index in [1.807, 2.05) is 78.9 Å². The van der Waals surface area contributed by atoms with E-state index in [1.165, 1.54) is 0 Å². The third-order valence-corrected chi connectivity index (χ3v) is 8.93. The van der Waals surface area contributed by atoms with E-state index < -0.39 is 0 Å². The van der Waals surface area contributed by atoms with Crippen LogP contribution in [0.1, 0.15) is 22.8 Å². The summed E-state index contributed by atoms with van der Waals surface area (Å²) in [6, 6.07) is 39.5. The molecule has 6 nitrogen and oxygen atoms in total. The van der Waals surface area contributed by atoms with E-state index in [0.717, 1.165) is 89.0 Å². The Labute approximate surface area is 275 Å². The van der Waals surface area contributed by atoms with Crippen molar-refractivity contribution in [1.29, 1.82) is 0 Å². The average Bonchev–Trinajstić information content (AvgIpc) is 3.94. The minimum absolute atomic E-state index is 0.200. The lowest BCUT2D eigenvalue weighted by molar-refractivity contribution is 0.475. The van der Waals surface area contributed by atoms with Crippen LogP contribution in [0.25, 0.3) is 90.5 Å². The first-order chi connectivity index (χ1) is 23.6. The van der Waals surface area contributed by atoms with Gasteiger partial charge in [0.2, 0.25) is 0 Å². The summed E-state index contributed by atoms with van der Waals surface area (Å²) in [5.74, 6) is 0.401. The van der Waals surface area contributed by atoms with Crippen molar-refractivity contribution in [3.05, 3.63) is 144 Å². The fourth-order valence-corrected chi connectivity index (χ4v) is 6.74. The SMILES string of the molecule is Oc1ccc(-c2c3nc(c(-c4cccc5ccc(O)cc45)c4ccc([nH]4)c(-c4ccccc4)c4nc(cc5ccc2[nH]5)C=C4)C=C3)cc1. The molecule has 7 aromatic rings. The molecule has 228 valence electrons. The zero-order valence-corrected chi connectivity index (χ0v) is 25.6. The Morgan fingerprint density at radius 3 is 1.92 bits per heavy atom. The third-order valence-electron chi connectivity index (χ3n) is 8.93. The Balaban J connectivity index is 1.46. The van der Waals surface area contributed by atoms with Gasteiger partial charge in [-0.25, -0.2) is 9.97 Å². The molecule has 4 N–H and O–H groups in total. The Morgan fingerprint density at radius 2 is 1.10 bits per heavy atom. The van der Waals surface area contributed by atoms with Crippen molar-refractivity contribution >= 4 is 57.1 Å². The van der Waals surface area contributed by atoms with E-state index in [4.69, 9.17) is 9.97 Å². The normalized spacial score (nSPS) is 12.2. The van der Waals surface area contributed by atoms with Gasteiger partial charge in [0.15, 0.2) is 0 Å². The van der Waals surface area contributed by atoms with Crippen LogP contribution in [0.15, 0.2) is 121 Å². The molecular weight excluding hydrogens is 592 g/mol. The lowest BCUT2D eigenvalue weighted by Gasteiger charge is -2.09. The molecule has 0 fully saturated rings. The lowest BCUT2D eigenvalue weighted by Crippen LogP contribution is -1.89. The zero-order valence-electron chi connectivity index (χ0n) is 25.6. The summed E-state index contributed by atoms with van der Waals surface area (Å²) < 4.78 is 0. The second-order valence-corrected chi connectivity index (χ2v) is 12.0. The van der Waals surface area contributed by atoms with Crippen LogP contribution in [-0.4, -0.2) is 30.1 Å². The minimum atomic E-state index is 0.200. The molecule has 0 spiro atoms. The van der Waals surface area contributed by atoms with Gasteiger partial charge in [-0.3, -0.25) is 0 Å². The fourth-order valence-electron chi connectivity index (χ4n) is 6.74. The van der Waals surface area contributed by atoms with Crippen molar-refractivity contribution in [2.75, 3.05) is 0 Å². The predicted octanol–water partition coefficient (Wildman–Crippen LogP) is 10.2. The number of rotatable bonds is 3. The molecule has 2 aliphatic heterocycles. The molecule has 0 saturated carbocycles. The van der Waals surface area contributed by atoms with Gasteiger partial charge in [0.1, 0.15) is 11.5 Å². The predicted molar refractivity (Wildman–Crippen MR) is 196 cm³/mol. The summed E-state index contributed by atoms with van der Waals surface area (Å²) >= 11 is 0. The first-order valence-corrected chi connectivity index (χ1v) is 15.8. The molecule has 0 saturated heterocycles. The maximum Gasteiger partial charge on any atom is 0.116 e. The summed E-state index contributed by atoms with van der Waals surface area (Å²) in [7, 11) is 0. The summed E-state index contributed by atoms with van der Waals surface area (Å²) in [5.41, 5.74) is 12.6. The van der Waals surface area contributed by atoms with Crippen molar-refractivity contribution in [3.8, 4) is 44.9 Å². The summed E-state index contributed by atoms with van der Waals surface area (Å²) in [4.78, 5) is 17.7. The van der Waals surface area contributed by atoms with Gasteiger partial charge in [0.25, 0.3) is 0 Å². The van der Waals surface area contributed by atoms with Gasteiger partial charge in [-0.15, -0.1) is 0 Å². The minimum Gasteiger partial charge on any atom is -0.508 e. The molecule has 0 radical (unpaired) electrons. The molecule has 6 heteroatoms. The number of aromatic hydroxyl groups is 2. The smallest absolute Gasteiger partial charge is 0.116 e. The number of aromatic amines is 2. The number of hydrogen-bond donors (Lipinski definition) is 4. The van der Waals surface area contributed by atoms with Crippen LogP contribution < -0.4 is 0 Å². The van der Waals surface area contributed by atoms with Crippen LogP contribution >= 0.6 is 0 Å². The Hall–Kier alpha value is -6.66. The van der Waals surface area contributed by atoms with Crippen LogP contribution in [0.5, 0.6) is 11.5 Å². The van der Waals surface area contributed by atoms with Crippen LogP contribution in [-0.2, 0) is 0 Å². The van der Waals surface area contributed by atoms with Crippen molar-refractivity contribution in [3.63, 3.8) is 0 Å². The highest BCUT2D eigenvalue weighted by Crippen LogP contribution is 2.39. The van der Waals surface area contributed by atoms with Crippen molar-refractivity contribution in [2.24, 2.45) is 0 Å². The van der Waals surface area contributed by atoms with Gasteiger partial charge in [-0.1, -0.05) is 66.7 Å². The molecular formula is C42H28N4O2. The first-order valence-electron chi connectivity index (χ1n) is 15.8. The molecule has 48 heavy (non-hydrogen) atoms. The Morgan fingerprint density at radius 1 is 0.458 bits per heavy atom. The number of H-pyrrole nitrogens is 2. The maximum atomic E-state index is 10.6. The number of hydrogen-bond acceptors (Lipinski definition) is 4. The van der Waals surface area contributed by atoms with Crippen LogP contribution in [0.2, 0.25) is 0 Å². The summed E-state index contributed by atoms with van der Waals surface area (Å²) in [5, 5.41) is 22.6. The molecule has 8 bridgehead atoms. The topological polar surface area (TPSA) is 97.8 Å². The number of nitrogens with one attached hydrogen (secondary N) is 2. The highest BCUT2D eigenvalue weighted by Gasteiger charge is 2.18. The zero-order chi connectivity index (χ0) is 32.2. The van der Waals surface area contributed by atoms with E-state index in [1.54, 1.807) is 18.2 Å². The van der Waals surface area contributed by atoms with Crippen molar-refractivity contribution in [2.45, 2.75) is 0 Å². The Bertz CT molecular complexity index is 2630. The van der Waals surface area contributed by atoms with Crippen LogP contribution in [0.4, 0.5) is 0 Å². The fraction of sp³-hybridized carbons (Fsp3) is 0. The number of fused-ring (bicyclic) bond motifs is 9. The molecule has 0 unspecified atom stereocenters. The lowest BCUT2D eigenvalue weighted by atomic mass is 9.97. The standard InChI is InChI=1S/C42H28N4O2/c47-30-14-10-27(11-15-30)41-35-18-13-29(44-35)23-28-12-17-34(43-28)40(26-5-2-1-3-6-26)36-19-21-38(45-36)42(39-22-20-37(41)46-39)32-8-4-7-25-9-16-31(48)24-33(25)32/h1-24,44-45,47-48H. The molecule has 3 aromatic heterocycles. The second kappa shape index (κ2) is 11.0. The van der Waals surface area contributed by atoms with E-state index in [-0.39, 0.29) is 11.5 Å². The van der Waals surface area contributed by atoms with Crippen LogP contribution in [0.3, 0.4) is 0 Å². The number of aromatic nitrogens is 4. The summed E-state index contributed by atoms with van der Waals surface area (Å²) in [6.45, 7) is 0. The van der Waals surface area contributed by atoms with E-state index in [9.17, 15) is 10.2 Å². The molecule has 5 heterocycles. The maximum absolute atomic E-state index is 10.6. The van der Waals surface area contributed by atoms with Crippen LogP contribution in [0, 0.1) is 0 Å². The van der Waals surface area contributed by atoms with Gasteiger partial charge in [0, 0.05) is 38.8 Å². The molecule has 0 amide bonds. The first kappa shape index (κ1) is 27.6. The quantitative estimate of drug-likeness (QED) is 0.158. The van der Waals surface area contributed by atoms with Gasteiger partial charge < -0.3 is 20.2 Å². The summed E-state index contributed by atoms with van der Waals surface area (Å²) in [6.07, 6.45) is 8.19. The molecule has 9 rings (SSSR count). The van der Waals surface area contributed by atoms with E-state index in [0.29, 0.717) is 0 Å². The molecule has 2 aliphatic rings. The average molecular weight is 621 g/mol. The molecule has 0 atom stereocenters. The largest absolute Gasteiger partial charge is 0.508 e. The Kier molecular flexibility index (Phi) is 6.33. The number of phenols is 2. The molecule has 0 aliphatic carbocycles.